The summed E-state index contributed by atoms with van der Waals surface area (Å²) in [7, 11) is 0. The van der Waals surface area contributed by atoms with E-state index in [9.17, 15) is 14.0 Å². The van der Waals surface area contributed by atoms with Crippen LogP contribution in [-0.2, 0) is 29.0 Å². The maximum atomic E-state index is 13.7. The van der Waals surface area contributed by atoms with Gasteiger partial charge in [-0.25, -0.2) is 4.39 Å². The van der Waals surface area contributed by atoms with Crippen LogP contribution < -0.4 is 14.8 Å². The van der Waals surface area contributed by atoms with Crippen LogP contribution in [0.15, 0.2) is 72.8 Å². The molecule has 0 saturated carbocycles. The molecule has 3 aromatic carbocycles. The minimum Gasteiger partial charge on any atom is -0.454 e. The number of unbranched alkanes of at least 4 members (excludes halogenated alkanes) is 1. The topological polar surface area (TPSA) is 67.9 Å². The third-order valence-corrected chi connectivity index (χ3v) is 6.43. The standard InChI is InChI=1S/C30H33FN2O4/c1-2-3-17-32-30(35)26(18-22-7-5-4-6-8-22)33(20-24-9-13-25(31)14-10-24)29(34)16-12-23-11-15-27-28(19-23)37-21-36-27/h4-11,13-15,19,26H,2-3,12,16-18,20-21H2,1H3,(H,32,35). The van der Waals surface area contributed by atoms with Crippen molar-refractivity contribution in [1.29, 1.82) is 0 Å². The molecule has 3 aromatic rings. The zero-order valence-corrected chi connectivity index (χ0v) is 21.1. The van der Waals surface area contributed by atoms with E-state index in [0.29, 0.717) is 30.9 Å². The van der Waals surface area contributed by atoms with Gasteiger partial charge in [-0.2, -0.15) is 0 Å². The Balaban J connectivity index is 1.57. The number of benzene rings is 3. The molecule has 1 heterocycles. The lowest BCUT2D eigenvalue weighted by atomic mass is 10.0. The molecule has 1 unspecified atom stereocenters. The van der Waals surface area contributed by atoms with E-state index in [2.05, 4.69) is 12.2 Å². The summed E-state index contributed by atoms with van der Waals surface area (Å²) >= 11 is 0. The number of halogens is 1. The maximum absolute atomic E-state index is 13.7. The SMILES string of the molecule is CCCCNC(=O)C(Cc1ccccc1)N(Cc1ccc(F)cc1)C(=O)CCc1ccc2c(c1)OCO2. The molecule has 6 nitrogen and oxygen atoms in total. The molecule has 0 aromatic heterocycles. The van der Waals surface area contributed by atoms with Crippen LogP contribution in [0.4, 0.5) is 4.39 Å². The van der Waals surface area contributed by atoms with E-state index in [1.165, 1.54) is 12.1 Å². The van der Waals surface area contributed by atoms with E-state index in [-0.39, 0.29) is 37.4 Å². The number of aryl methyl sites for hydroxylation is 1. The first-order valence-corrected chi connectivity index (χ1v) is 12.8. The second-order valence-electron chi connectivity index (χ2n) is 9.19. The Labute approximate surface area is 217 Å². The summed E-state index contributed by atoms with van der Waals surface area (Å²) in [4.78, 5) is 28.8. The van der Waals surface area contributed by atoms with Crippen LogP contribution in [0, 0.1) is 5.82 Å². The molecular formula is C30H33FN2O4. The smallest absolute Gasteiger partial charge is 0.243 e. The molecule has 1 atom stereocenters. The summed E-state index contributed by atoms with van der Waals surface area (Å²) in [6.07, 6.45) is 2.91. The highest BCUT2D eigenvalue weighted by Crippen LogP contribution is 2.33. The van der Waals surface area contributed by atoms with Gasteiger partial charge < -0.3 is 19.7 Å². The molecule has 0 fully saturated rings. The van der Waals surface area contributed by atoms with Gasteiger partial charge in [0, 0.05) is 25.9 Å². The van der Waals surface area contributed by atoms with Crippen molar-refractivity contribution in [2.45, 2.75) is 51.6 Å². The van der Waals surface area contributed by atoms with Gasteiger partial charge >= 0.3 is 0 Å². The van der Waals surface area contributed by atoms with Gasteiger partial charge in [0.05, 0.1) is 0 Å². The van der Waals surface area contributed by atoms with Crippen LogP contribution >= 0.6 is 0 Å². The molecule has 0 aliphatic carbocycles. The first kappa shape index (κ1) is 26.2. The number of carbonyl (C=O) groups is 2. The zero-order valence-electron chi connectivity index (χ0n) is 21.1. The Morgan fingerprint density at radius 1 is 0.946 bits per heavy atom. The molecule has 1 aliphatic heterocycles. The van der Waals surface area contributed by atoms with Crippen LogP contribution in [0.5, 0.6) is 11.5 Å². The van der Waals surface area contributed by atoms with Gasteiger partial charge in [0.1, 0.15) is 11.9 Å². The van der Waals surface area contributed by atoms with Gasteiger partial charge in [-0.1, -0.05) is 61.9 Å². The second kappa shape index (κ2) is 12.9. The van der Waals surface area contributed by atoms with E-state index in [0.717, 1.165) is 29.5 Å². The fourth-order valence-electron chi connectivity index (χ4n) is 4.34. The molecule has 7 heteroatoms. The normalized spacial score (nSPS) is 12.7. The van der Waals surface area contributed by atoms with Gasteiger partial charge in [0.2, 0.25) is 18.6 Å². The molecule has 1 aliphatic rings. The summed E-state index contributed by atoms with van der Waals surface area (Å²) in [6.45, 7) is 3.01. The van der Waals surface area contributed by atoms with Gasteiger partial charge in [-0.05, 0) is 53.8 Å². The van der Waals surface area contributed by atoms with Crippen LogP contribution in [0.3, 0.4) is 0 Å². The average Bonchev–Trinajstić information content (AvgIpc) is 3.39. The molecule has 194 valence electrons. The summed E-state index contributed by atoms with van der Waals surface area (Å²) in [5.74, 6) is 0.692. The third kappa shape index (κ3) is 7.32. The Hall–Kier alpha value is -3.87. The van der Waals surface area contributed by atoms with Crippen molar-refractivity contribution < 1.29 is 23.5 Å². The van der Waals surface area contributed by atoms with Crippen molar-refractivity contribution >= 4 is 11.8 Å². The molecule has 37 heavy (non-hydrogen) atoms. The van der Waals surface area contributed by atoms with E-state index in [4.69, 9.17) is 9.47 Å². The van der Waals surface area contributed by atoms with Gasteiger partial charge in [-0.3, -0.25) is 9.59 Å². The molecule has 0 bridgehead atoms. The Kier molecular flexibility index (Phi) is 9.13. The quantitative estimate of drug-likeness (QED) is 0.351. The van der Waals surface area contributed by atoms with E-state index in [1.807, 2.05) is 48.5 Å². The Morgan fingerprint density at radius 3 is 2.43 bits per heavy atom. The average molecular weight is 505 g/mol. The van der Waals surface area contributed by atoms with Crippen LogP contribution in [0.1, 0.15) is 42.9 Å². The highest BCUT2D eigenvalue weighted by molar-refractivity contribution is 5.88. The van der Waals surface area contributed by atoms with Crippen molar-refractivity contribution in [3.63, 3.8) is 0 Å². The first-order chi connectivity index (χ1) is 18.0. The number of hydrogen-bond acceptors (Lipinski definition) is 4. The molecule has 0 spiro atoms. The zero-order chi connectivity index (χ0) is 26.0. The highest BCUT2D eigenvalue weighted by atomic mass is 19.1. The fraction of sp³-hybridized carbons (Fsp3) is 0.333. The van der Waals surface area contributed by atoms with Gasteiger partial charge in [-0.15, -0.1) is 0 Å². The summed E-state index contributed by atoms with van der Waals surface area (Å²) in [6, 6.07) is 20.7. The van der Waals surface area contributed by atoms with Crippen LogP contribution in [-0.4, -0.2) is 36.1 Å². The Morgan fingerprint density at radius 2 is 1.68 bits per heavy atom. The minimum atomic E-state index is -0.700. The number of rotatable bonds is 12. The van der Waals surface area contributed by atoms with Crippen molar-refractivity contribution in [2.75, 3.05) is 13.3 Å². The molecule has 2 amide bonds. The van der Waals surface area contributed by atoms with E-state index in [1.54, 1.807) is 17.0 Å². The lowest BCUT2D eigenvalue weighted by molar-refractivity contribution is -0.141. The molecule has 0 radical (unpaired) electrons. The number of ether oxygens (including phenoxy) is 2. The predicted octanol–water partition coefficient (Wildman–Crippen LogP) is 5.04. The van der Waals surface area contributed by atoms with Gasteiger partial charge in [0.25, 0.3) is 0 Å². The summed E-state index contributed by atoms with van der Waals surface area (Å²) in [5, 5.41) is 3.01. The monoisotopic (exact) mass is 504 g/mol. The van der Waals surface area contributed by atoms with Crippen molar-refractivity contribution in [1.82, 2.24) is 10.2 Å². The second-order valence-corrected chi connectivity index (χ2v) is 9.19. The van der Waals surface area contributed by atoms with E-state index < -0.39 is 6.04 Å². The summed E-state index contributed by atoms with van der Waals surface area (Å²) in [5.41, 5.74) is 2.68. The predicted molar refractivity (Wildman–Crippen MR) is 140 cm³/mol. The summed E-state index contributed by atoms with van der Waals surface area (Å²) < 4.78 is 24.4. The van der Waals surface area contributed by atoms with Crippen molar-refractivity contribution in [3.8, 4) is 11.5 Å². The minimum absolute atomic E-state index is 0.145. The maximum Gasteiger partial charge on any atom is 0.243 e. The van der Waals surface area contributed by atoms with Crippen LogP contribution in [0.25, 0.3) is 0 Å². The fourth-order valence-corrected chi connectivity index (χ4v) is 4.34. The number of carbonyl (C=O) groups excluding carboxylic acids is 2. The first-order valence-electron chi connectivity index (χ1n) is 12.8. The van der Waals surface area contributed by atoms with Crippen molar-refractivity contribution in [2.24, 2.45) is 0 Å². The van der Waals surface area contributed by atoms with E-state index >= 15 is 0 Å². The Bertz CT molecular complexity index is 1180. The largest absolute Gasteiger partial charge is 0.454 e. The lowest BCUT2D eigenvalue weighted by Gasteiger charge is -2.31. The molecular weight excluding hydrogens is 471 g/mol. The third-order valence-electron chi connectivity index (χ3n) is 6.43. The number of fused-ring (bicyclic) bond motifs is 1. The van der Waals surface area contributed by atoms with Gasteiger partial charge in [0.15, 0.2) is 11.5 Å². The number of amides is 2. The van der Waals surface area contributed by atoms with Crippen molar-refractivity contribution in [3.05, 3.63) is 95.3 Å². The molecule has 0 saturated heterocycles. The number of hydrogen-bond donors (Lipinski definition) is 1. The molecule has 1 N–H and O–H groups in total. The number of nitrogens with one attached hydrogen (secondary N) is 1. The van der Waals surface area contributed by atoms with Crippen LogP contribution in [0.2, 0.25) is 0 Å². The molecule has 4 rings (SSSR count). The lowest BCUT2D eigenvalue weighted by Crippen LogP contribution is -2.50. The number of nitrogens with zero attached hydrogens (tertiary/aromatic N) is 1. The highest BCUT2D eigenvalue weighted by Gasteiger charge is 2.30.